The Morgan fingerprint density at radius 1 is 1.09 bits per heavy atom. The highest BCUT2D eigenvalue weighted by Gasteiger charge is 2.00. The monoisotopic (exact) mass is 143 g/mol. The Morgan fingerprint density at radius 2 is 2.00 bits per heavy atom. The summed E-state index contributed by atoms with van der Waals surface area (Å²) in [4.78, 5) is 4.29. The molecule has 0 aromatic heterocycles. The van der Waals surface area contributed by atoms with Crippen molar-refractivity contribution in [3.05, 3.63) is 48.1 Å². The highest BCUT2D eigenvalue weighted by molar-refractivity contribution is 5.74. The lowest BCUT2D eigenvalue weighted by Crippen LogP contribution is -1.93. The Morgan fingerprint density at radius 3 is 3.00 bits per heavy atom. The zero-order valence-corrected chi connectivity index (χ0v) is 6.14. The van der Waals surface area contributed by atoms with Gasteiger partial charge in [-0.25, -0.2) is 0 Å². The third-order valence-electron chi connectivity index (χ3n) is 1.70. The normalized spacial score (nSPS) is 26.2. The first kappa shape index (κ1) is 6.35. The summed E-state index contributed by atoms with van der Waals surface area (Å²) >= 11 is 0. The van der Waals surface area contributed by atoms with Gasteiger partial charge < -0.3 is 0 Å². The van der Waals surface area contributed by atoms with E-state index < -0.39 is 0 Å². The predicted octanol–water partition coefficient (Wildman–Crippen LogP) is 2.05. The molecule has 1 unspecified atom stereocenters. The summed E-state index contributed by atoms with van der Waals surface area (Å²) in [6, 6.07) is 0.231. The first-order valence-corrected chi connectivity index (χ1v) is 3.72. The second-order valence-electron chi connectivity index (χ2n) is 2.56. The molecule has 11 heavy (non-hydrogen) atoms. The minimum atomic E-state index is 0.231. The topological polar surface area (TPSA) is 12.4 Å². The lowest BCUT2D eigenvalue weighted by atomic mass is 10.2. The Kier molecular flexibility index (Phi) is 1.56. The van der Waals surface area contributed by atoms with Crippen LogP contribution in [0.3, 0.4) is 0 Å². The fourth-order valence-corrected chi connectivity index (χ4v) is 1.16. The molecule has 0 aromatic carbocycles. The van der Waals surface area contributed by atoms with E-state index in [1.807, 2.05) is 24.4 Å². The molecule has 54 valence electrons. The third-order valence-corrected chi connectivity index (χ3v) is 1.70. The van der Waals surface area contributed by atoms with Crippen LogP contribution in [0.2, 0.25) is 0 Å². The largest absolute Gasteiger partial charge is 0.282 e. The second kappa shape index (κ2) is 2.70. The SMILES string of the molecule is C1=CC2=CC(C=C1)N=CC=C2. The van der Waals surface area contributed by atoms with Crippen molar-refractivity contribution in [2.75, 3.05) is 0 Å². The van der Waals surface area contributed by atoms with Gasteiger partial charge in [0.2, 0.25) is 0 Å². The van der Waals surface area contributed by atoms with Crippen molar-refractivity contribution in [3.8, 4) is 0 Å². The van der Waals surface area contributed by atoms with Crippen molar-refractivity contribution in [2.45, 2.75) is 6.04 Å². The first-order chi connectivity index (χ1) is 5.45. The zero-order valence-electron chi connectivity index (χ0n) is 6.14. The molecule has 0 saturated heterocycles. The van der Waals surface area contributed by atoms with E-state index in [4.69, 9.17) is 0 Å². The van der Waals surface area contributed by atoms with Crippen LogP contribution in [-0.4, -0.2) is 12.3 Å². The lowest BCUT2D eigenvalue weighted by Gasteiger charge is -1.96. The molecular weight excluding hydrogens is 134 g/mol. The van der Waals surface area contributed by atoms with E-state index in [2.05, 4.69) is 29.3 Å². The Balaban J connectivity index is 2.41. The molecule has 0 spiro atoms. The van der Waals surface area contributed by atoms with E-state index in [-0.39, 0.29) is 6.04 Å². The van der Waals surface area contributed by atoms with E-state index in [0.29, 0.717) is 0 Å². The van der Waals surface area contributed by atoms with E-state index >= 15 is 0 Å². The van der Waals surface area contributed by atoms with Gasteiger partial charge in [-0.3, -0.25) is 4.99 Å². The molecule has 1 nitrogen and oxygen atoms in total. The van der Waals surface area contributed by atoms with E-state index in [9.17, 15) is 0 Å². The summed E-state index contributed by atoms with van der Waals surface area (Å²) in [5, 5.41) is 0. The van der Waals surface area contributed by atoms with Crippen LogP contribution in [0.15, 0.2) is 53.1 Å². The molecule has 0 aromatic rings. The quantitative estimate of drug-likeness (QED) is 0.492. The maximum atomic E-state index is 4.29. The molecule has 0 N–H and O–H groups in total. The number of hydrogen-bond donors (Lipinski definition) is 0. The maximum absolute atomic E-state index is 4.29. The summed E-state index contributed by atoms with van der Waals surface area (Å²) in [7, 11) is 0. The molecule has 0 radical (unpaired) electrons. The van der Waals surface area contributed by atoms with Crippen LogP contribution in [0.4, 0.5) is 0 Å². The summed E-state index contributed by atoms with van der Waals surface area (Å²) in [5.74, 6) is 0. The van der Waals surface area contributed by atoms with Crippen LogP contribution in [-0.2, 0) is 0 Å². The van der Waals surface area contributed by atoms with Gasteiger partial charge in [-0.15, -0.1) is 0 Å². The highest BCUT2D eigenvalue weighted by atomic mass is 14.7. The predicted molar refractivity (Wildman–Crippen MR) is 47.8 cm³/mol. The molecule has 1 atom stereocenters. The van der Waals surface area contributed by atoms with Crippen LogP contribution in [0.25, 0.3) is 0 Å². The van der Waals surface area contributed by atoms with Crippen molar-refractivity contribution in [1.82, 2.24) is 0 Å². The molecule has 1 aliphatic heterocycles. The van der Waals surface area contributed by atoms with Crippen LogP contribution < -0.4 is 0 Å². The molecular formula is C10H9N. The van der Waals surface area contributed by atoms with Gasteiger partial charge in [-0.05, 0) is 17.7 Å². The van der Waals surface area contributed by atoms with Crippen LogP contribution in [0, 0.1) is 0 Å². The molecule has 1 heterocycles. The third kappa shape index (κ3) is 1.37. The smallest absolute Gasteiger partial charge is 0.0872 e. The van der Waals surface area contributed by atoms with Gasteiger partial charge >= 0.3 is 0 Å². The fraction of sp³-hybridized carbons (Fsp3) is 0.100. The molecule has 0 saturated carbocycles. The standard InChI is InChI=1S/C10H9N/c1-2-6-10-8-9(4-1)5-3-7-11-10/h1-8,10H. The van der Waals surface area contributed by atoms with Gasteiger partial charge in [0, 0.05) is 6.21 Å². The minimum absolute atomic E-state index is 0.231. The number of rotatable bonds is 0. The summed E-state index contributed by atoms with van der Waals surface area (Å²) in [6.07, 6.45) is 16.2. The molecule has 2 bridgehead atoms. The lowest BCUT2D eigenvalue weighted by molar-refractivity contribution is 1.04. The van der Waals surface area contributed by atoms with Crippen LogP contribution in [0.5, 0.6) is 0 Å². The minimum Gasteiger partial charge on any atom is -0.282 e. The zero-order chi connectivity index (χ0) is 7.52. The highest BCUT2D eigenvalue weighted by Crippen LogP contribution is 2.11. The van der Waals surface area contributed by atoms with Crippen molar-refractivity contribution in [2.24, 2.45) is 4.99 Å². The fourth-order valence-electron chi connectivity index (χ4n) is 1.16. The number of nitrogens with zero attached hydrogens (tertiary/aromatic N) is 1. The molecule has 2 rings (SSSR count). The maximum Gasteiger partial charge on any atom is 0.0872 e. The molecule has 1 aliphatic carbocycles. The molecule has 0 amide bonds. The number of aliphatic imine (C=N–C) groups is 1. The van der Waals surface area contributed by atoms with Crippen molar-refractivity contribution in [3.63, 3.8) is 0 Å². The second-order valence-corrected chi connectivity index (χ2v) is 2.56. The van der Waals surface area contributed by atoms with Crippen molar-refractivity contribution >= 4 is 6.21 Å². The van der Waals surface area contributed by atoms with Gasteiger partial charge in [0.15, 0.2) is 0 Å². The van der Waals surface area contributed by atoms with E-state index in [1.165, 1.54) is 5.57 Å². The Hall–Kier alpha value is -1.37. The van der Waals surface area contributed by atoms with E-state index in [1.54, 1.807) is 0 Å². The molecule has 1 heteroatoms. The number of hydrogen-bond acceptors (Lipinski definition) is 1. The van der Waals surface area contributed by atoms with Crippen LogP contribution >= 0.6 is 0 Å². The number of allylic oxidation sites excluding steroid dienone is 6. The Bertz CT molecular complexity index is 264. The van der Waals surface area contributed by atoms with E-state index in [0.717, 1.165) is 0 Å². The van der Waals surface area contributed by atoms with Gasteiger partial charge in [0.1, 0.15) is 0 Å². The average Bonchev–Trinajstić information content (AvgIpc) is 2.36. The summed E-state index contributed by atoms with van der Waals surface area (Å²) in [6.45, 7) is 0. The van der Waals surface area contributed by atoms with Crippen molar-refractivity contribution in [1.29, 1.82) is 0 Å². The molecule has 0 fully saturated rings. The van der Waals surface area contributed by atoms with Gasteiger partial charge in [-0.2, -0.15) is 0 Å². The van der Waals surface area contributed by atoms with Gasteiger partial charge in [0.05, 0.1) is 6.04 Å². The number of fused-ring (bicyclic) bond motifs is 1. The first-order valence-electron chi connectivity index (χ1n) is 3.72. The average molecular weight is 143 g/mol. The van der Waals surface area contributed by atoms with Gasteiger partial charge in [0.25, 0.3) is 0 Å². The van der Waals surface area contributed by atoms with Gasteiger partial charge in [-0.1, -0.05) is 30.4 Å². The molecule has 2 aliphatic rings. The summed E-state index contributed by atoms with van der Waals surface area (Å²) in [5.41, 5.74) is 1.23. The Labute approximate surface area is 66.1 Å². The van der Waals surface area contributed by atoms with Crippen molar-refractivity contribution < 1.29 is 0 Å². The van der Waals surface area contributed by atoms with Crippen LogP contribution in [0.1, 0.15) is 0 Å². The summed E-state index contributed by atoms with van der Waals surface area (Å²) < 4.78 is 0.